The van der Waals surface area contributed by atoms with Crippen molar-refractivity contribution >= 4 is 28.4 Å². The van der Waals surface area contributed by atoms with Crippen LogP contribution in [0, 0.1) is 0 Å². The molecular formula is C24H54O2SSi2. The Morgan fingerprint density at radius 2 is 0.862 bits per heavy atom. The smallest absolute Gasteiger partial charge is 0.205 e. The van der Waals surface area contributed by atoms with Gasteiger partial charge >= 0.3 is 0 Å². The topological polar surface area (TPSA) is 18.5 Å². The van der Waals surface area contributed by atoms with E-state index in [0.29, 0.717) is 9.75 Å². The van der Waals surface area contributed by atoms with Crippen molar-refractivity contribution in [2.45, 2.75) is 141 Å². The number of rotatable bonds is 20. The van der Waals surface area contributed by atoms with Gasteiger partial charge < -0.3 is 8.85 Å². The highest BCUT2D eigenvalue weighted by molar-refractivity contribution is 8.03. The Kier molecular flexibility index (Phi) is 17.7. The molecule has 0 radical (unpaired) electrons. The molecule has 0 saturated carbocycles. The molecular weight excluding hydrogens is 409 g/mol. The van der Waals surface area contributed by atoms with E-state index in [1.54, 1.807) is 0 Å². The molecule has 2 unspecified atom stereocenters. The normalized spacial score (nSPS) is 14.9. The van der Waals surface area contributed by atoms with Gasteiger partial charge in [0.25, 0.3) is 0 Å². The molecule has 0 bridgehead atoms. The van der Waals surface area contributed by atoms with Crippen LogP contribution in [0.25, 0.3) is 0 Å². The predicted octanol–water partition coefficient (Wildman–Crippen LogP) is 8.74. The third kappa shape index (κ3) is 10.2. The molecule has 0 saturated heterocycles. The highest BCUT2D eigenvalue weighted by atomic mass is 32.2. The van der Waals surface area contributed by atoms with Crippen LogP contribution in [0.2, 0.25) is 24.2 Å². The zero-order valence-corrected chi connectivity index (χ0v) is 24.1. The molecule has 0 aliphatic carbocycles. The van der Waals surface area contributed by atoms with E-state index in [1.165, 1.54) is 75.5 Å². The van der Waals surface area contributed by atoms with Gasteiger partial charge in [-0.1, -0.05) is 93.9 Å². The van der Waals surface area contributed by atoms with Crippen LogP contribution in [-0.4, -0.2) is 39.6 Å². The van der Waals surface area contributed by atoms with Crippen LogP contribution in [0.3, 0.4) is 0 Å². The maximum Gasteiger partial charge on any atom is 0.205 e. The lowest BCUT2D eigenvalue weighted by atomic mass is 10.4. The average molecular weight is 463 g/mol. The molecule has 29 heavy (non-hydrogen) atoms. The van der Waals surface area contributed by atoms with E-state index >= 15 is 0 Å². The van der Waals surface area contributed by atoms with Crippen LogP contribution in [0.4, 0.5) is 0 Å². The molecule has 0 fully saturated rings. The zero-order valence-electron chi connectivity index (χ0n) is 21.3. The van der Waals surface area contributed by atoms with Crippen molar-refractivity contribution in [1.82, 2.24) is 0 Å². The molecule has 0 aliphatic heterocycles. The molecule has 0 aromatic heterocycles. The van der Waals surface area contributed by atoms with Gasteiger partial charge in [0.15, 0.2) is 0 Å². The summed E-state index contributed by atoms with van der Waals surface area (Å²) in [5.74, 6) is 0. The second-order valence-electron chi connectivity index (χ2n) is 8.95. The van der Waals surface area contributed by atoms with E-state index < -0.39 is 16.6 Å². The van der Waals surface area contributed by atoms with Crippen LogP contribution in [0.15, 0.2) is 0 Å². The fourth-order valence-corrected chi connectivity index (χ4v) is 18.4. The fraction of sp³-hybridized carbons (Fsp3) is 1.00. The molecule has 0 amide bonds. The Balaban J connectivity index is 5.51. The Bertz CT molecular complexity index is 336. The summed E-state index contributed by atoms with van der Waals surface area (Å²) in [5, 5.41) is 0. The van der Waals surface area contributed by atoms with Crippen molar-refractivity contribution in [2.24, 2.45) is 0 Å². The first-order chi connectivity index (χ1) is 13.9. The average Bonchev–Trinajstić information content (AvgIpc) is 2.68. The standard InChI is InChI=1S/C24H54O2SSi2/c1-9-15-17-25-28(19-11-3,20-12-4)23(7)27-24(8)29(21-13-5,22-14-6)26-18-16-10-2/h23-24H,9-22H2,1-8H3. The second-order valence-corrected chi connectivity index (χ2v) is 20.0. The van der Waals surface area contributed by atoms with E-state index in [1.807, 2.05) is 0 Å². The maximum absolute atomic E-state index is 6.84. The molecule has 0 aromatic rings. The summed E-state index contributed by atoms with van der Waals surface area (Å²) in [6, 6.07) is 5.27. The Hall–Kier alpha value is 0.704. The number of thioether (sulfide) groups is 1. The largest absolute Gasteiger partial charge is 0.416 e. The van der Waals surface area contributed by atoms with Crippen LogP contribution < -0.4 is 0 Å². The third-order valence-corrected chi connectivity index (χ3v) is 20.5. The van der Waals surface area contributed by atoms with Gasteiger partial charge in [-0.3, -0.25) is 0 Å². The number of unbranched alkanes of at least 4 members (excludes halogenated alkanes) is 2. The second kappa shape index (κ2) is 17.3. The molecule has 0 heterocycles. The summed E-state index contributed by atoms with van der Waals surface area (Å²) < 4.78 is 13.7. The SMILES string of the molecule is CCCCO[Si](CCC)(CCC)C(C)SC(C)[Si](CCC)(CCC)OCCCC. The highest BCUT2D eigenvalue weighted by Gasteiger charge is 2.45. The molecule has 0 N–H and O–H groups in total. The quantitative estimate of drug-likeness (QED) is 0.133. The summed E-state index contributed by atoms with van der Waals surface area (Å²) in [6.45, 7) is 20.9. The summed E-state index contributed by atoms with van der Waals surface area (Å²) in [6.07, 6.45) is 9.92. The lowest BCUT2D eigenvalue weighted by molar-refractivity contribution is 0.286. The van der Waals surface area contributed by atoms with Gasteiger partial charge in [-0.15, -0.1) is 0 Å². The number of hydrogen-bond donors (Lipinski definition) is 0. The van der Waals surface area contributed by atoms with Gasteiger partial charge in [0.05, 0.1) is 0 Å². The maximum atomic E-state index is 6.84. The minimum atomic E-state index is -1.73. The third-order valence-electron chi connectivity index (χ3n) is 6.36. The number of hydrogen-bond acceptors (Lipinski definition) is 3. The van der Waals surface area contributed by atoms with Crippen LogP contribution in [0.5, 0.6) is 0 Å². The molecule has 0 aliphatic rings. The minimum Gasteiger partial charge on any atom is -0.416 e. The van der Waals surface area contributed by atoms with Crippen molar-refractivity contribution in [3.63, 3.8) is 0 Å². The minimum absolute atomic E-state index is 0.657. The molecule has 0 rings (SSSR count). The van der Waals surface area contributed by atoms with Crippen molar-refractivity contribution in [2.75, 3.05) is 13.2 Å². The molecule has 2 atom stereocenters. The summed E-state index contributed by atoms with van der Waals surface area (Å²) in [7, 11) is -3.46. The van der Waals surface area contributed by atoms with E-state index in [2.05, 4.69) is 67.2 Å². The molecule has 5 heteroatoms. The van der Waals surface area contributed by atoms with Crippen molar-refractivity contribution in [3.8, 4) is 0 Å². The van der Waals surface area contributed by atoms with E-state index in [0.717, 1.165) is 13.2 Å². The van der Waals surface area contributed by atoms with E-state index in [-0.39, 0.29) is 0 Å². The van der Waals surface area contributed by atoms with Gasteiger partial charge in [-0.05, 0) is 37.0 Å². The van der Waals surface area contributed by atoms with Gasteiger partial charge in [-0.25, -0.2) is 0 Å². The molecule has 176 valence electrons. The van der Waals surface area contributed by atoms with Crippen molar-refractivity contribution < 1.29 is 8.85 Å². The summed E-state index contributed by atoms with van der Waals surface area (Å²) in [4.78, 5) is 1.31. The van der Waals surface area contributed by atoms with E-state index in [9.17, 15) is 0 Å². The monoisotopic (exact) mass is 462 g/mol. The lowest BCUT2D eigenvalue weighted by Gasteiger charge is -2.42. The Morgan fingerprint density at radius 3 is 1.10 bits per heavy atom. The van der Waals surface area contributed by atoms with Crippen LogP contribution >= 0.6 is 11.8 Å². The van der Waals surface area contributed by atoms with Crippen LogP contribution in [-0.2, 0) is 8.85 Å². The first-order valence-electron chi connectivity index (χ1n) is 12.8. The van der Waals surface area contributed by atoms with E-state index in [4.69, 9.17) is 8.85 Å². The highest BCUT2D eigenvalue weighted by Crippen LogP contribution is 2.40. The first-order valence-corrected chi connectivity index (χ1v) is 18.6. The lowest BCUT2D eigenvalue weighted by Crippen LogP contribution is -2.53. The molecule has 0 aromatic carbocycles. The molecule has 0 spiro atoms. The van der Waals surface area contributed by atoms with Gasteiger partial charge in [0.2, 0.25) is 16.6 Å². The first kappa shape index (κ1) is 29.7. The van der Waals surface area contributed by atoms with Gasteiger partial charge in [-0.2, -0.15) is 11.8 Å². The fourth-order valence-electron chi connectivity index (χ4n) is 4.67. The van der Waals surface area contributed by atoms with Crippen molar-refractivity contribution in [1.29, 1.82) is 0 Å². The Morgan fingerprint density at radius 1 is 0.552 bits per heavy atom. The van der Waals surface area contributed by atoms with Gasteiger partial charge in [0.1, 0.15) is 0 Å². The van der Waals surface area contributed by atoms with Crippen LogP contribution in [0.1, 0.15) is 107 Å². The summed E-state index contributed by atoms with van der Waals surface area (Å²) >= 11 is 2.26. The Labute approximate surface area is 190 Å². The zero-order chi connectivity index (χ0) is 22.2. The van der Waals surface area contributed by atoms with Crippen molar-refractivity contribution in [3.05, 3.63) is 0 Å². The molecule has 2 nitrogen and oxygen atoms in total. The van der Waals surface area contributed by atoms with Gasteiger partial charge in [0, 0.05) is 23.0 Å². The predicted molar refractivity (Wildman–Crippen MR) is 140 cm³/mol. The summed E-state index contributed by atoms with van der Waals surface area (Å²) in [5.41, 5.74) is 0.